The number of rotatable bonds is 6. The molecule has 0 aromatic carbocycles. The van der Waals surface area contributed by atoms with E-state index in [-0.39, 0.29) is 24.0 Å². The molecular formula is C11H22F3IN4. The molecule has 0 radical (unpaired) electrons. The maximum absolute atomic E-state index is 12.1. The van der Waals surface area contributed by atoms with Crippen molar-refractivity contribution in [2.75, 3.05) is 40.3 Å². The summed E-state index contributed by atoms with van der Waals surface area (Å²) in [7, 11) is 3.11. The van der Waals surface area contributed by atoms with Crippen LogP contribution in [0.5, 0.6) is 0 Å². The van der Waals surface area contributed by atoms with E-state index in [4.69, 9.17) is 0 Å². The van der Waals surface area contributed by atoms with E-state index in [0.717, 1.165) is 12.5 Å². The van der Waals surface area contributed by atoms with Crippen molar-refractivity contribution in [2.45, 2.75) is 19.0 Å². The lowest BCUT2D eigenvalue weighted by Crippen LogP contribution is -2.42. The fourth-order valence-electron chi connectivity index (χ4n) is 1.53. The van der Waals surface area contributed by atoms with Gasteiger partial charge in [0.15, 0.2) is 5.96 Å². The summed E-state index contributed by atoms with van der Waals surface area (Å²) in [6.07, 6.45) is -1.64. The van der Waals surface area contributed by atoms with Crippen LogP contribution in [-0.4, -0.2) is 57.3 Å². The summed E-state index contributed by atoms with van der Waals surface area (Å²) in [5.41, 5.74) is 0. The molecule has 0 aliphatic heterocycles. The van der Waals surface area contributed by atoms with Gasteiger partial charge in [0.2, 0.25) is 0 Å². The minimum absolute atomic E-state index is 0. The number of hydrogen-bond donors (Lipinski definition) is 2. The van der Waals surface area contributed by atoms with Crippen molar-refractivity contribution in [1.29, 1.82) is 0 Å². The van der Waals surface area contributed by atoms with Gasteiger partial charge in [-0.3, -0.25) is 9.89 Å². The van der Waals surface area contributed by atoms with Gasteiger partial charge in [-0.15, -0.1) is 24.0 Å². The van der Waals surface area contributed by atoms with Crippen LogP contribution in [0.2, 0.25) is 0 Å². The molecule has 8 heteroatoms. The monoisotopic (exact) mass is 394 g/mol. The van der Waals surface area contributed by atoms with Gasteiger partial charge < -0.3 is 10.6 Å². The van der Waals surface area contributed by atoms with Crippen LogP contribution in [0, 0.1) is 5.92 Å². The van der Waals surface area contributed by atoms with Crippen LogP contribution in [0.25, 0.3) is 0 Å². The smallest absolute Gasteiger partial charge is 0.356 e. The highest BCUT2D eigenvalue weighted by Gasteiger charge is 2.28. The lowest BCUT2D eigenvalue weighted by molar-refractivity contribution is -0.142. The van der Waals surface area contributed by atoms with Gasteiger partial charge in [0.25, 0.3) is 0 Å². The first-order valence-electron chi connectivity index (χ1n) is 6.10. The average molecular weight is 394 g/mol. The van der Waals surface area contributed by atoms with Gasteiger partial charge in [-0.1, -0.05) is 0 Å². The third-order valence-corrected chi connectivity index (χ3v) is 2.71. The summed E-state index contributed by atoms with van der Waals surface area (Å²) < 4.78 is 36.2. The molecule has 0 spiro atoms. The first kappa shape index (κ1) is 18.8. The zero-order valence-electron chi connectivity index (χ0n) is 11.3. The van der Waals surface area contributed by atoms with Gasteiger partial charge in [-0.2, -0.15) is 13.2 Å². The summed E-state index contributed by atoms with van der Waals surface area (Å²) in [5, 5.41) is 6.15. The number of alkyl halides is 3. The molecule has 1 aliphatic rings. The zero-order valence-corrected chi connectivity index (χ0v) is 13.6. The van der Waals surface area contributed by atoms with Gasteiger partial charge in [-0.25, -0.2) is 0 Å². The van der Waals surface area contributed by atoms with Crippen molar-refractivity contribution in [3.8, 4) is 0 Å². The Hall–Kier alpha value is -0.250. The highest BCUT2D eigenvalue weighted by molar-refractivity contribution is 14.0. The molecule has 0 aromatic heterocycles. The second-order valence-corrected chi connectivity index (χ2v) is 4.68. The number of hydrogen-bond acceptors (Lipinski definition) is 2. The molecule has 1 rings (SSSR count). The summed E-state index contributed by atoms with van der Waals surface area (Å²) in [6, 6.07) is 0. The molecule has 0 aromatic rings. The Balaban J connectivity index is 0.00000324. The van der Waals surface area contributed by atoms with E-state index in [1.807, 2.05) is 0 Å². The minimum atomic E-state index is -4.14. The number of aliphatic imine (C=N–C) groups is 1. The van der Waals surface area contributed by atoms with Gasteiger partial charge in [-0.05, 0) is 25.8 Å². The van der Waals surface area contributed by atoms with Crippen molar-refractivity contribution < 1.29 is 13.2 Å². The van der Waals surface area contributed by atoms with Crippen LogP contribution in [0.4, 0.5) is 13.2 Å². The fraction of sp³-hybridized carbons (Fsp3) is 0.909. The number of halogens is 4. The molecule has 0 amide bonds. The first-order chi connectivity index (χ1) is 8.40. The molecule has 0 unspecified atom stereocenters. The Kier molecular flexibility index (Phi) is 8.71. The summed E-state index contributed by atoms with van der Waals surface area (Å²) in [4.78, 5) is 5.25. The standard InChI is InChI=1S/C11H21F3N4.HI/c1-15-10(17-7-9-3-4-9)16-5-6-18(2)8-11(12,13)14;/h9H,3-8H2,1-2H3,(H2,15,16,17);1H. The molecule has 114 valence electrons. The predicted molar refractivity (Wildman–Crippen MR) is 81.1 cm³/mol. The number of nitrogens with one attached hydrogen (secondary N) is 2. The summed E-state index contributed by atoms with van der Waals surface area (Å²) in [5.74, 6) is 1.39. The fourth-order valence-corrected chi connectivity index (χ4v) is 1.53. The first-order valence-corrected chi connectivity index (χ1v) is 6.10. The Labute approximate surface area is 129 Å². The quantitative estimate of drug-likeness (QED) is 0.409. The predicted octanol–water partition coefficient (Wildman–Crippen LogP) is 1.67. The van der Waals surface area contributed by atoms with Crippen LogP contribution in [0.1, 0.15) is 12.8 Å². The number of guanidine groups is 1. The van der Waals surface area contributed by atoms with E-state index in [2.05, 4.69) is 15.6 Å². The van der Waals surface area contributed by atoms with E-state index < -0.39 is 12.7 Å². The van der Waals surface area contributed by atoms with E-state index in [0.29, 0.717) is 19.0 Å². The van der Waals surface area contributed by atoms with Gasteiger partial charge in [0, 0.05) is 26.7 Å². The third kappa shape index (κ3) is 10.2. The average Bonchev–Trinajstić information content (AvgIpc) is 3.04. The molecule has 1 saturated carbocycles. The Bertz CT molecular complexity index is 280. The van der Waals surface area contributed by atoms with E-state index in [9.17, 15) is 13.2 Å². The van der Waals surface area contributed by atoms with E-state index >= 15 is 0 Å². The summed E-state index contributed by atoms with van der Waals surface area (Å²) in [6.45, 7) is 0.765. The van der Waals surface area contributed by atoms with Crippen molar-refractivity contribution >= 4 is 29.9 Å². The molecule has 0 atom stereocenters. The van der Waals surface area contributed by atoms with E-state index in [1.54, 1.807) is 7.05 Å². The van der Waals surface area contributed by atoms with Crippen LogP contribution < -0.4 is 10.6 Å². The molecule has 1 aliphatic carbocycles. The SMILES string of the molecule is CN=C(NCCN(C)CC(F)(F)F)NCC1CC1.I. The second-order valence-electron chi connectivity index (χ2n) is 4.68. The van der Waals surface area contributed by atoms with Crippen LogP contribution in [0.3, 0.4) is 0 Å². The van der Waals surface area contributed by atoms with E-state index in [1.165, 1.54) is 24.8 Å². The lowest BCUT2D eigenvalue weighted by atomic mass is 10.4. The van der Waals surface area contributed by atoms with Gasteiger partial charge >= 0.3 is 6.18 Å². The topological polar surface area (TPSA) is 39.7 Å². The molecule has 0 heterocycles. The Morgan fingerprint density at radius 2 is 1.95 bits per heavy atom. The maximum Gasteiger partial charge on any atom is 0.401 e. The van der Waals surface area contributed by atoms with Crippen molar-refractivity contribution in [3.63, 3.8) is 0 Å². The molecule has 19 heavy (non-hydrogen) atoms. The molecular weight excluding hydrogens is 372 g/mol. The number of likely N-dealkylation sites (N-methyl/N-ethyl adjacent to an activating group) is 1. The van der Waals surface area contributed by atoms with Crippen LogP contribution >= 0.6 is 24.0 Å². The van der Waals surface area contributed by atoms with Gasteiger partial charge in [0.1, 0.15) is 0 Å². The van der Waals surface area contributed by atoms with Gasteiger partial charge in [0.05, 0.1) is 6.54 Å². The lowest BCUT2D eigenvalue weighted by Gasteiger charge is -2.19. The second kappa shape index (κ2) is 8.83. The van der Waals surface area contributed by atoms with Crippen molar-refractivity contribution in [3.05, 3.63) is 0 Å². The third-order valence-electron chi connectivity index (χ3n) is 2.71. The Morgan fingerprint density at radius 3 is 2.42 bits per heavy atom. The van der Waals surface area contributed by atoms with Crippen LogP contribution in [0.15, 0.2) is 4.99 Å². The van der Waals surface area contributed by atoms with Crippen molar-refractivity contribution in [2.24, 2.45) is 10.9 Å². The normalized spacial score (nSPS) is 16.2. The highest BCUT2D eigenvalue weighted by Crippen LogP contribution is 2.27. The minimum Gasteiger partial charge on any atom is -0.356 e. The largest absolute Gasteiger partial charge is 0.401 e. The highest BCUT2D eigenvalue weighted by atomic mass is 127. The molecule has 0 saturated heterocycles. The zero-order chi connectivity index (χ0) is 13.6. The molecule has 1 fully saturated rings. The Morgan fingerprint density at radius 1 is 1.32 bits per heavy atom. The van der Waals surface area contributed by atoms with Crippen molar-refractivity contribution in [1.82, 2.24) is 15.5 Å². The molecule has 0 bridgehead atoms. The number of nitrogens with zero attached hydrogens (tertiary/aromatic N) is 2. The van der Waals surface area contributed by atoms with Crippen LogP contribution in [-0.2, 0) is 0 Å². The molecule has 4 nitrogen and oxygen atoms in total. The summed E-state index contributed by atoms with van der Waals surface area (Å²) >= 11 is 0. The molecule has 2 N–H and O–H groups in total. The maximum atomic E-state index is 12.1.